The molecule has 0 N–H and O–H groups in total. The van der Waals surface area contributed by atoms with Gasteiger partial charge in [-0.15, -0.1) is 13.2 Å². The molecule has 0 fully saturated rings. The van der Waals surface area contributed by atoms with Crippen molar-refractivity contribution in [1.29, 1.82) is 0 Å². The molecule has 0 aliphatic rings. The third-order valence-corrected chi connectivity index (χ3v) is 5.78. The Morgan fingerprint density at radius 3 is 2.29 bits per heavy atom. The first-order chi connectivity index (χ1) is 16.2. The maximum atomic E-state index is 14.0. The maximum absolute atomic E-state index is 14.0. The summed E-state index contributed by atoms with van der Waals surface area (Å²) in [5.41, 5.74) is -0.0938. The Kier molecular flexibility index (Phi) is 8.97. The van der Waals surface area contributed by atoms with Gasteiger partial charge in [0.15, 0.2) is 0 Å². The van der Waals surface area contributed by atoms with Gasteiger partial charge < -0.3 is 4.90 Å². The van der Waals surface area contributed by atoms with Crippen molar-refractivity contribution in [3.05, 3.63) is 64.2 Å². The molecule has 0 aliphatic heterocycles. The van der Waals surface area contributed by atoms with Gasteiger partial charge >= 0.3 is 12.5 Å². The van der Waals surface area contributed by atoms with E-state index in [1.165, 1.54) is 6.07 Å². The average Bonchev–Trinajstić information content (AvgIpc) is 2.79. The van der Waals surface area contributed by atoms with Crippen LogP contribution < -0.4 is 0 Å². The quantitative estimate of drug-likeness (QED) is 0.165. The van der Waals surface area contributed by atoms with E-state index < -0.39 is 30.5 Å². The lowest BCUT2D eigenvalue weighted by Crippen LogP contribution is -2.42. The van der Waals surface area contributed by atoms with Gasteiger partial charge in [-0.3, -0.25) is 4.79 Å². The predicted molar refractivity (Wildman–Crippen MR) is 124 cm³/mol. The van der Waals surface area contributed by atoms with Crippen LogP contribution in [0.2, 0.25) is 0 Å². The van der Waals surface area contributed by atoms with E-state index in [1.807, 2.05) is 25.8 Å². The lowest BCUT2D eigenvalue weighted by atomic mass is 9.90. The number of carbonyl (C=O) groups is 1. The van der Waals surface area contributed by atoms with E-state index in [2.05, 4.69) is 4.99 Å². The molecule has 10 heteroatoms. The number of benzene rings is 2. The Labute approximate surface area is 201 Å². The first kappa shape index (κ1) is 28.2. The molecule has 2 rings (SSSR count). The van der Waals surface area contributed by atoms with Crippen molar-refractivity contribution in [1.82, 2.24) is 9.80 Å². The normalized spacial score (nSPS) is 13.2. The minimum absolute atomic E-state index is 0.149. The molecule has 0 aromatic heterocycles. The van der Waals surface area contributed by atoms with Gasteiger partial charge in [-0.25, -0.2) is 9.89 Å². The number of rotatable bonds is 8. The third-order valence-electron chi connectivity index (χ3n) is 5.78. The smallest absolute Gasteiger partial charge is 0.366 e. The van der Waals surface area contributed by atoms with Gasteiger partial charge in [0.1, 0.15) is 0 Å². The Balaban J connectivity index is 2.56. The van der Waals surface area contributed by atoms with E-state index >= 15 is 0 Å². The second kappa shape index (κ2) is 11.1. The van der Waals surface area contributed by atoms with Crippen LogP contribution >= 0.6 is 0 Å². The van der Waals surface area contributed by atoms with E-state index in [9.17, 15) is 31.1 Å². The predicted octanol–water partition coefficient (Wildman–Crippen LogP) is 7.30. The highest BCUT2D eigenvalue weighted by Gasteiger charge is 2.42. The molecule has 0 aliphatic carbocycles. The highest BCUT2D eigenvalue weighted by atomic mass is 19.4. The van der Waals surface area contributed by atoms with Gasteiger partial charge in [0, 0.05) is 19.2 Å². The number of carbonyl (C=O) groups excluding carboxylic acids is 1. The van der Waals surface area contributed by atoms with Crippen LogP contribution in [0.1, 0.15) is 65.7 Å². The number of aliphatic imine (C=N–C) groups is 1. The van der Waals surface area contributed by atoms with Crippen molar-refractivity contribution in [2.24, 2.45) is 4.99 Å². The van der Waals surface area contributed by atoms with E-state index in [1.54, 1.807) is 26.3 Å². The van der Waals surface area contributed by atoms with Crippen molar-refractivity contribution in [2.75, 3.05) is 13.6 Å². The van der Waals surface area contributed by atoms with Crippen molar-refractivity contribution in [3.8, 4) is 0 Å². The molecule has 1 atom stereocenters. The zero-order chi connectivity index (χ0) is 26.6. The Bertz CT molecular complexity index is 1060. The van der Waals surface area contributed by atoms with Gasteiger partial charge in [-0.05, 0) is 67.1 Å². The van der Waals surface area contributed by atoms with Crippen molar-refractivity contribution < 1.29 is 31.1 Å². The molecule has 0 saturated heterocycles. The number of aryl methyl sites for hydroxylation is 1. The largest absolute Gasteiger partial charge is 0.487 e. The van der Waals surface area contributed by atoms with Crippen molar-refractivity contribution in [2.45, 2.75) is 59.1 Å². The Hall–Kier alpha value is -3.04. The Morgan fingerprint density at radius 1 is 1.09 bits per heavy atom. The minimum Gasteiger partial charge on any atom is -0.366 e. The summed E-state index contributed by atoms with van der Waals surface area (Å²) >= 11 is 0. The van der Waals surface area contributed by atoms with Crippen LogP contribution in [0.4, 0.5) is 32.0 Å². The summed E-state index contributed by atoms with van der Waals surface area (Å²) in [6.07, 6.45) is -7.67. The number of hydrogen-bond donors (Lipinski definition) is 0. The van der Waals surface area contributed by atoms with Gasteiger partial charge in [0.2, 0.25) is 0 Å². The van der Waals surface area contributed by atoms with E-state index in [0.717, 1.165) is 18.2 Å². The third kappa shape index (κ3) is 7.22. The summed E-state index contributed by atoms with van der Waals surface area (Å²) in [5, 5.41) is 0. The SMILES string of the molecule is CCC(C)c1cc(N=CN(C)CC)c(C)cc1C(=O)N(Cc1cccc(C(F)(F)F)c1)C(F)(F)F. The molecule has 2 aromatic rings. The van der Waals surface area contributed by atoms with Crippen LogP contribution in [0.15, 0.2) is 41.4 Å². The summed E-state index contributed by atoms with van der Waals surface area (Å²) in [5.74, 6) is -1.58. The summed E-state index contributed by atoms with van der Waals surface area (Å²) in [6, 6.07) is 6.51. The number of alkyl halides is 6. The topological polar surface area (TPSA) is 35.9 Å². The lowest BCUT2D eigenvalue weighted by Gasteiger charge is -2.27. The molecule has 0 spiro atoms. The molecule has 0 radical (unpaired) electrons. The molecule has 0 heterocycles. The molecular formula is C25H29F6N3O. The molecule has 4 nitrogen and oxygen atoms in total. The highest BCUT2D eigenvalue weighted by molar-refractivity contribution is 5.97. The van der Waals surface area contributed by atoms with Crippen LogP contribution in [0.3, 0.4) is 0 Å². The van der Waals surface area contributed by atoms with Gasteiger partial charge in [-0.2, -0.15) is 13.2 Å². The highest BCUT2D eigenvalue weighted by Crippen LogP contribution is 2.35. The number of hydrogen-bond acceptors (Lipinski definition) is 2. The molecule has 1 amide bonds. The fourth-order valence-electron chi connectivity index (χ4n) is 3.36. The second-order valence-electron chi connectivity index (χ2n) is 8.41. The van der Waals surface area contributed by atoms with E-state index in [0.29, 0.717) is 35.8 Å². The molecule has 2 aromatic carbocycles. The number of halogens is 6. The molecule has 192 valence electrons. The van der Waals surface area contributed by atoms with Gasteiger partial charge in [0.25, 0.3) is 5.91 Å². The Morgan fingerprint density at radius 2 is 1.74 bits per heavy atom. The lowest BCUT2D eigenvalue weighted by molar-refractivity contribution is -0.228. The monoisotopic (exact) mass is 501 g/mol. The summed E-state index contributed by atoms with van der Waals surface area (Å²) < 4.78 is 81.1. The summed E-state index contributed by atoms with van der Waals surface area (Å²) in [6.45, 7) is 6.86. The zero-order valence-electron chi connectivity index (χ0n) is 20.3. The summed E-state index contributed by atoms with van der Waals surface area (Å²) in [4.78, 5) is 19.1. The fraction of sp³-hybridized carbons (Fsp3) is 0.440. The molecule has 0 bridgehead atoms. The van der Waals surface area contributed by atoms with E-state index in [-0.39, 0.29) is 21.9 Å². The first-order valence-corrected chi connectivity index (χ1v) is 11.1. The van der Waals surface area contributed by atoms with Crippen molar-refractivity contribution >= 4 is 17.9 Å². The van der Waals surface area contributed by atoms with Crippen LogP contribution in [0, 0.1) is 6.92 Å². The second-order valence-corrected chi connectivity index (χ2v) is 8.41. The molecule has 0 saturated carbocycles. The fourth-order valence-corrected chi connectivity index (χ4v) is 3.36. The zero-order valence-corrected chi connectivity index (χ0v) is 20.3. The number of nitrogens with zero attached hydrogens (tertiary/aromatic N) is 3. The molecule has 35 heavy (non-hydrogen) atoms. The molecule has 1 unspecified atom stereocenters. The standard InChI is InChI=1S/C25H29F6N3O/c1-6-16(3)20-13-22(32-15-33(5)7-2)17(4)11-21(20)23(35)34(25(29,30)31)14-18-9-8-10-19(12-18)24(26,27)28/h8-13,15-16H,6-7,14H2,1-5H3. The number of amides is 1. The van der Waals surface area contributed by atoms with Gasteiger partial charge in [0.05, 0.1) is 24.1 Å². The average molecular weight is 502 g/mol. The van der Waals surface area contributed by atoms with Crippen LogP contribution in [-0.2, 0) is 12.7 Å². The van der Waals surface area contributed by atoms with Crippen LogP contribution in [0.5, 0.6) is 0 Å². The minimum atomic E-state index is -5.10. The van der Waals surface area contributed by atoms with Crippen molar-refractivity contribution in [3.63, 3.8) is 0 Å². The first-order valence-electron chi connectivity index (χ1n) is 11.1. The maximum Gasteiger partial charge on any atom is 0.487 e. The van der Waals surface area contributed by atoms with Crippen LogP contribution in [0.25, 0.3) is 0 Å². The summed E-state index contributed by atoms with van der Waals surface area (Å²) in [7, 11) is 1.82. The van der Waals surface area contributed by atoms with Crippen LogP contribution in [-0.4, -0.2) is 41.9 Å². The molecular weight excluding hydrogens is 472 g/mol. The van der Waals surface area contributed by atoms with E-state index in [4.69, 9.17) is 0 Å². The van der Waals surface area contributed by atoms with Gasteiger partial charge in [-0.1, -0.05) is 26.0 Å².